The van der Waals surface area contributed by atoms with Gasteiger partial charge in [0.2, 0.25) is 11.8 Å². The fourth-order valence-electron chi connectivity index (χ4n) is 2.43. The summed E-state index contributed by atoms with van der Waals surface area (Å²) in [5.41, 5.74) is 3.66. The molecule has 0 bridgehead atoms. The van der Waals surface area contributed by atoms with Gasteiger partial charge >= 0.3 is 0 Å². The molecule has 0 radical (unpaired) electrons. The number of anilines is 2. The first-order valence-electron chi connectivity index (χ1n) is 6.97. The van der Waals surface area contributed by atoms with Gasteiger partial charge < -0.3 is 10.6 Å². The summed E-state index contributed by atoms with van der Waals surface area (Å²) in [6.45, 7) is 0. The molecule has 0 fully saturated rings. The third kappa shape index (κ3) is 3.28. The van der Waals surface area contributed by atoms with Crippen LogP contribution in [0.5, 0.6) is 0 Å². The quantitative estimate of drug-likeness (QED) is 0.904. The molecule has 4 nitrogen and oxygen atoms in total. The molecule has 1 aliphatic heterocycles. The first-order chi connectivity index (χ1) is 10.2. The van der Waals surface area contributed by atoms with E-state index in [2.05, 4.69) is 10.6 Å². The average molecular weight is 280 g/mol. The van der Waals surface area contributed by atoms with E-state index in [-0.39, 0.29) is 11.8 Å². The maximum Gasteiger partial charge on any atom is 0.228 e. The Labute approximate surface area is 123 Å². The molecule has 2 amide bonds. The van der Waals surface area contributed by atoms with Crippen molar-refractivity contribution >= 4 is 23.2 Å². The van der Waals surface area contributed by atoms with Crippen molar-refractivity contribution in [2.45, 2.75) is 19.3 Å². The highest BCUT2D eigenvalue weighted by molar-refractivity contribution is 6.00. The Morgan fingerprint density at radius 2 is 1.95 bits per heavy atom. The van der Waals surface area contributed by atoms with E-state index in [1.165, 1.54) is 0 Å². The lowest BCUT2D eigenvalue weighted by atomic mass is 10.1. The Morgan fingerprint density at radius 3 is 2.76 bits per heavy atom. The third-order valence-electron chi connectivity index (χ3n) is 3.50. The van der Waals surface area contributed by atoms with E-state index in [9.17, 15) is 9.59 Å². The highest BCUT2D eigenvalue weighted by Gasteiger charge is 2.17. The van der Waals surface area contributed by atoms with Crippen molar-refractivity contribution in [3.63, 3.8) is 0 Å². The number of fused-ring (bicyclic) bond motifs is 1. The van der Waals surface area contributed by atoms with Crippen LogP contribution in [0.4, 0.5) is 11.4 Å². The minimum atomic E-state index is -0.0175. The van der Waals surface area contributed by atoms with Crippen LogP contribution < -0.4 is 10.6 Å². The largest absolute Gasteiger partial charge is 0.326 e. The van der Waals surface area contributed by atoms with Gasteiger partial charge in [0.05, 0.1) is 6.42 Å². The summed E-state index contributed by atoms with van der Waals surface area (Å²) < 4.78 is 0. The maximum atomic E-state index is 12.0. The normalized spacial score (nSPS) is 12.7. The van der Waals surface area contributed by atoms with Crippen LogP contribution in [0.2, 0.25) is 0 Å². The summed E-state index contributed by atoms with van der Waals surface area (Å²) in [5, 5.41) is 5.65. The highest BCUT2D eigenvalue weighted by atomic mass is 16.2. The van der Waals surface area contributed by atoms with Crippen molar-refractivity contribution in [1.29, 1.82) is 0 Å². The molecule has 0 aromatic heterocycles. The van der Waals surface area contributed by atoms with Gasteiger partial charge in [0.15, 0.2) is 0 Å². The number of hydrogen-bond acceptors (Lipinski definition) is 2. The number of carbonyl (C=O) groups is 2. The number of nitrogens with one attached hydrogen (secondary N) is 2. The lowest BCUT2D eigenvalue weighted by Crippen LogP contribution is -2.12. The van der Waals surface area contributed by atoms with Gasteiger partial charge in [-0.3, -0.25) is 9.59 Å². The summed E-state index contributed by atoms with van der Waals surface area (Å²) in [6.07, 6.45) is 1.54. The number of aryl methyl sites for hydroxylation is 1. The topological polar surface area (TPSA) is 58.2 Å². The summed E-state index contributed by atoms with van der Waals surface area (Å²) in [5.74, 6) is -0.0198. The van der Waals surface area contributed by atoms with E-state index in [4.69, 9.17) is 0 Å². The number of carbonyl (C=O) groups excluding carboxylic acids is 2. The van der Waals surface area contributed by atoms with Crippen LogP contribution in [0.25, 0.3) is 0 Å². The van der Waals surface area contributed by atoms with Crippen LogP contribution in [0.3, 0.4) is 0 Å². The smallest absolute Gasteiger partial charge is 0.228 e. The molecule has 1 heterocycles. The fourth-order valence-corrected chi connectivity index (χ4v) is 2.43. The zero-order valence-electron chi connectivity index (χ0n) is 11.6. The maximum absolute atomic E-state index is 12.0. The Kier molecular flexibility index (Phi) is 3.69. The summed E-state index contributed by atoms with van der Waals surface area (Å²) in [7, 11) is 0. The second-order valence-corrected chi connectivity index (χ2v) is 5.13. The lowest BCUT2D eigenvalue weighted by Gasteiger charge is -2.07. The molecular weight excluding hydrogens is 264 g/mol. The SMILES string of the molecule is O=C(CCc1ccccc1)Nc1ccc2c(c1)CC(=O)N2. The van der Waals surface area contributed by atoms with E-state index in [0.717, 1.165) is 28.9 Å². The molecule has 0 atom stereocenters. The predicted octanol–water partition coefficient (Wildman–Crippen LogP) is 2.75. The van der Waals surface area contributed by atoms with E-state index in [1.807, 2.05) is 48.5 Å². The molecule has 0 saturated heterocycles. The van der Waals surface area contributed by atoms with E-state index < -0.39 is 0 Å². The number of amides is 2. The number of hydrogen-bond donors (Lipinski definition) is 2. The zero-order valence-corrected chi connectivity index (χ0v) is 11.6. The minimum Gasteiger partial charge on any atom is -0.326 e. The van der Waals surface area contributed by atoms with Crippen molar-refractivity contribution in [2.75, 3.05) is 10.6 Å². The van der Waals surface area contributed by atoms with Crippen LogP contribution in [0.15, 0.2) is 48.5 Å². The van der Waals surface area contributed by atoms with Gasteiger partial charge in [-0.25, -0.2) is 0 Å². The van der Waals surface area contributed by atoms with Gasteiger partial charge in [-0.1, -0.05) is 30.3 Å². The molecule has 0 saturated carbocycles. The van der Waals surface area contributed by atoms with Crippen molar-refractivity contribution < 1.29 is 9.59 Å². The molecule has 3 rings (SSSR count). The summed E-state index contributed by atoms with van der Waals surface area (Å²) in [4.78, 5) is 23.3. The van der Waals surface area contributed by atoms with Crippen LogP contribution in [0.1, 0.15) is 17.5 Å². The van der Waals surface area contributed by atoms with Crippen molar-refractivity contribution in [2.24, 2.45) is 0 Å². The molecule has 2 N–H and O–H groups in total. The van der Waals surface area contributed by atoms with Crippen molar-refractivity contribution in [1.82, 2.24) is 0 Å². The van der Waals surface area contributed by atoms with Crippen LogP contribution in [0, 0.1) is 0 Å². The Bertz CT molecular complexity index is 680. The van der Waals surface area contributed by atoms with Gasteiger partial charge in [0.25, 0.3) is 0 Å². The molecule has 4 heteroatoms. The van der Waals surface area contributed by atoms with E-state index in [0.29, 0.717) is 12.8 Å². The molecule has 2 aromatic rings. The minimum absolute atomic E-state index is 0.00226. The lowest BCUT2D eigenvalue weighted by molar-refractivity contribution is -0.116. The van der Waals surface area contributed by atoms with Crippen molar-refractivity contribution in [3.8, 4) is 0 Å². The monoisotopic (exact) mass is 280 g/mol. The van der Waals surface area contributed by atoms with Crippen LogP contribution in [-0.2, 0) is 22.4 Å². The third-order valence-corrected chi connectivity index (χ3v) is 3.50. The molecule has 0 spiro atoms. The van der Waals surface area contributed by atoms with Gasteiger partial charge in [0.1, 0.15) is 0 Å². The van der Waals surface area contributed by atoms with Gasteiger partial charge in [-0.05, 0) is 35.7 Å². The molecule has 21 heavy (non-hydrogen) atoms. The van der Waals surface area contributed by atoms with E-state index in [1.54, 1.807) is 0 Å². The first-order valence-corrected chi connectivity index (χ1v) is 6.97. The molecule has 0 aliphatic carbocycles. The molecule has 106 valence electrons. The molecule has 1 aliphatic rings. The Hall–Kier alpha value is -2.62. The second kappa shape index (κ2) is 5.79. The predicted molar refractivity (Wildman–Crippen MR) is 82.2 cm³/mol. The number of rotatable bonds is 4. The molecule has 2 aromatic carbocycles. The summed E-state index contributed by atoms with van der Waals surface area (Å²) in [6, 6.07) is 15.4. The Morgan fingerprint density at radius 1 is 1.14 bits per heavy atom. The van der Waals surface area contributed by atoms with Crippen LogP contribution in [-0.4, -0.2) is 11.8 Å². The van der Waals surface area contributed by atoms with E-state index >= 15 is 0 Å². The number of benzene rings is 2. The van der Waals surface area contributed by atoms with Crippen LogP contribution >= 0.6 is 0 Å². The molecule has 0 unspecified atom stereocenters. The average Bonchev–Trinajstić information content (AvgIpc) is 2.85. The first kappa shape index (κ1) is 13.4. The summed E-state index contributed by atoms with van der Waals surface area (Å²) >= 11 is 0. The highest BCUT2D eigenvalue weighted by Crippen LogP contribution is 2.26. The molecular formula is C17H16N2O2. The van der Waals surface area contributed by atoms with Gasteiger partial charge in [-0.15, -0.1) is 0 Å². The Balaban J connectivity index is 1.58. The van der Waals surface area contributed by atoms with Gasteiger partial charge in [-0.2, -0.15) is 0 Å². The van der Waals surface area contributed by atoms with Crippen molar-refractivity contribution in [3.05, 3.63) is 59.7 Å². The van der Waals surface area contributed by atoms with Gasteiger partial charge in [0, 0.05) is 17.8 Å². The second-order valence-electron chi connectivity index (χ2n) is 5.13. The zero-order chi connectivity index (χ0) is 14.7. The fraction of sp³-hybridized carbons (Fsp3) is 0.176. The standard InChI is InChI=1S/C17H16N2O2/c20-16(9-6-12-4-2-1-3-5-12)18-14-7-8-15-13(10-14)11-17(21)19-15/h1-5,7-8,10H,6,9,11H2,(H,18,20)(H,19,21).